The summed E-state index contributed by atoms with van der Waals surface area (Å²) in [7, 11) is 0. The van der Waals surface area contributed by atoms with Crippen molar-refractivity contribution in [2.45, 2.75) is 6.92 Å². The normalized spacial score (nSPS) is 10.5. The number of hydrogen-bond donors (Lipinski definition) is 0. The van der Waals surface area contributed by atoms with E-state index in [2.05, 4.69) is 24.3 Å². The van der Waals surface area contributed by atoms with Crippen LogP contribution in [0.5, 0.6) is 0 Å². The van der Waals surface area contributed by atoms with Gasteiger partial charge in [-0.25, -0.2) is 4.98 Å². The molecule has 7 heteroatoms. The van der Waals surface area contributed by atoms with Gasteiger partial charge in [-0.1, -0.05) is 0 Å². The zero-order chi connectivity index (χ0) is 28.5. The third-order valence-electron chi connectivity index (χ3n) is 6.93. The van der Waals surface area contributed by atoms with Gasteiger partial charge in [0.1, 0.15) is 11.6 Å². The van der Waals surface area contributed by atoms with E-state index in [-0.39, 0.29) is 0 Å². The summed E-state index contributed by atoms with van der Waals surface area (Å²) in [6.45, 7) is 2.00. The fraction of sp³-hybridized carbons (Fsp3) is 0.0294. The molecule has 0 aliphatic rings. The van der Waals surface area contributed by atoms with E-state index in [1.807, 2.05) is 77.1 Å². The molecule has 0 spiro atoms. The van der Waals surface area contributed by atoms with Crippen molar-refractivity contribution in [2.75, 3.05) is 4.90 Å². The number of nitriles is 4. The highest BCUT2D eigenvalue weighted by Crippen LogP contribution is 2.37. The van der Waals surface area contributed by atoms with Crippen molar-refractivity contribution in [3.8, 4) is 30.1 Å². The van der Waals surface area contributed by atoms with Gasteiger partial charge in [-0.2, -0.15) is 21.0 Å². The Morgan fingerprint density at radius 1 is 0.561 bits per heavy atom. The van der Waals surface area contributed by atoms with Crippen LogP contribution in [0.15, 0.2) is 97.1 Å². The molecule has 0 N–H and O–H groups in total. The van der Waals surface area contributed by atoms with Crippen molar-refractivity contribution >= 4 is 39.0 Å². The maximum atomic E-state index is 9.55. The van der Waals surface area contributed by atoms with Gasteiger partial charge in [0.2, 0.25) is 0 Å². The summed E-state index contributed by atoms with van der Waals surface area (Å²) in [6.07, 6.45) is 0. The summed E-state index contributed by atoms with van der Waals surface area (Å²) in [5.74, 6) is 1.31. The lowest BCUT2D eigenvalue weighted by molar-refractivity contribution is 1.05. The first-order chi connectivity index (χ1) is 20.0. The highest BCUT2D eigenvalue weighted by atomic mass is 15.2. The Labute approximate surface area is 236 Å². The molecule has 4 aromatic carbocycles. The molecule has 41 heavy (non-hydrogen) atoms. The molecule has 0 bridgehead atoms. The summed E-state index contributed by atoms with van der Waals surface area (Å²) in [6, 6.07) is 38.3. The Hall–Kier alpha value is -6.41. The lowest BCUT2D eigenvalue weighted by atomic mass is 10.1. The van der Waals surface area contributed by atoms with Crippen LogP contribution in [0.1, 0.15) is 27.8 Å². The Morgan fingerprint density at radius 3 is 1.44 bits per heavy atom. The Morgan fingerprint density at radius 2 is 1.00 bits per heavy atom. The lowest BCUT2D eigenvalue weighted by Crippen LogP contribution is -2.13. The number of hydrogen-bond acceptors (Lipinski definition) is 6. The predicted molar refractivity (Wildman–Crippen MR) is 157 cm³/mol. The molecule has 0 amide bonds. The standard InChI is InChI=1S/C34H19N7/c1-22-14-33(40(27-8-2-23(18-35)3-9-27)28-10-4-24(19-36)5-11-28)39-34(15-22)41-31-12-6-25(20-37)16-29(31)30-17-26(21-38)7-13-32(30)41/h2-17H,1H3. The van der Waals surface area contributed by atoms with E-state index in [1.54, 1.807) is 36.4 Å². The third kappa shape index (κ3) is 4.37. The van der Waals surface area contributed by atoms with E-state index in [9.17, 15) is 21.0 Å². The van der Waals surface area contributed by atoms with Gasteiger partial charge in [0.05, 0.1) is 57.6 Å². The van der Waals surface area contributed by atoms with Gasteiger partial charge in [-0.05, 0) is 110 Å². The highest BCUT2D eigenvalue weighted by Gasteiger charge is 2.19. The zero-order valence-corrected chi connectivity index (χ0v) is 21.9. The molecular weight excluding hydrogens is 506 g/mol. The smallest absolute Gasteiger partial charge is 0.140 e. The third-order valence-corrected chi connectivity index (χ3v) is 6.93. The van der Waals surface area contributed by atoms with E-state index in [1.165, 1.54) is 0 Å². The number of aromatic nitrogens is 2. The fourth-order valence-electron chi connectivity index (χ4n) is 5.05. The van der Waals surface area contributed by atoms with Crippen molar-refractivity contribution in [1.82, 2.24) is 9.55 Å². The molecule has 0 saturated heterocycles. The predicted octanol–water partition coefficient (Wildman–Crippen LogP) is 7.44. The number of nitrogens with zero attached hydrogens (tertiary/aromatic N) is 7. The second kappa shape index (κ2) is 10.0. The molecule has 190 valence electrons. The van der Waals surface area contributed by atoms with Gasteiger partial charge >= 0.3 is 0 Å². The monoisotopic (exact) mass is 525 g/mol. The molecule has 6 aromatic rings. The molecule has 0 saturated carbocycles. The van der Waals surface area contributed by atoms with E-state index in [4.69, 9.17) is 4.98 Å². The van der Waals surface area contributed by atoms with Gasteiger partial charge in [-0.3, -0.25) is 9.47 Å². The van der Waals surface area contributed by atoms with Crippen LogP contribution in [0.3, 0.4) is 0 Å². The molecule has 0 atom stereocenters. The van der Waals surface area contributed by atoms with Crippen LogP contribution in [0.2, 0.25) is 0 Å². The summed E-state index contributed by atoms with van der Waals surface area (Å²) in [4.78, 5) is 7.11. The van der Waals surface area contributed by atoms with Crippen molar-refractivity contribution in [2.24, 2.45) is 0 Å². The average molecular weight is 526 g/mol. The number of fused-ring (bicyclic) bond motifs is 3. The van der Waals surface area contributed by atoms with E-state index in [0.717, 1.165) is 38.7 Å². The SMILES string of the molecule is Cc1cc(N(c2ccc(C#N)cc2)c2ccc(C#N)cc2)nc(-n2c3ccc(C#N)cc3c3cc(C#N)ccc32)c1. The van der Waals surface area contributed by atoms with Crippen molar-refractivity contribution in [3.05, 3.63) is 125 Å². The topological polar surface area (TPSA) is 116 Å². The Balaban J connectivity index is 1.61. The summed E-state index contributed by atoms with van der Waals surface area (Å²) >= 11 is 0. The van der Waals surface area contributed by atoms with E-state index >= 15 is 0 Å². The molecule has 0 radical (unpaired) electrons. The minimum Gasteiger partial charge on any atom is -0.295 e. The lowest BCUT2D eigenvalue weighted by Gasteiger charge is -2.25. The molecule has 0 aliphatic heterocycles. The molecule has 0 unspecified atom stereocenters. The van der Waals surface area contributed by atoms with Crippen LogP contribution >= 0.6 is 0 Å². The van der Waals surface area contributed by atoms with Gasteiger partial charge in [0.25, 0.3) is 0 Å². The minimum atomic E-state index is 0.532. The largest absolute Gasteiger partial charge is 0.295 e. The van der Waals surface area contributed by atoms with Gasteiger partial charge < -0.3 is 0 Å². The van der Waals surface area contributed by atoms with E-state index in [0.29, 0.717) is 33.9 Å². The molecule has 6 rings (SSSR count). The maximum Gasteiger partial charge on any atom is 0.140 e. The first-order valence-corrected chi connectivity index (χ1v) is 12.7. The summed E-state index contributed by atoms with van der Waals surface area (Å²) < 4.78 is 2.04. The van der Waals surface area contributed by atoms with Crippen LogP contribution < -0.4 is 4.90 Å². The number of aryl methyl sites for hydroxylation is 1. The van der Waals surface area contributed by atoms with Gasteiger partial charge in [-0.15, -0.1) is 0 Å². The van der Waals surface area contributed by atoms with Crippen molar-refractivity contribution in [3.63, 3.8) is 0 Å². The van der Waals surface area contributed by atoms with Crippen molar-refractivity contribution in [1.29, 1.82) is 21.0 Å². The van der Waals surface area contributed by atoms with Gasteiger partial charge in [0.15, 0.2) is 0 Å². The molecule has 7 nitrogen and oxygen atoms in total. The summed E-state index contributed by atoms with van der Waals surface area (Å²) in [5, 5.41) is 39.5. The number of benzene rings is 4. The Kier molecular flexibility index (Phi) is 6.10. The second-order valence-corrected chi connectivity index (χ2v) is 9.54. The number of anilines is 3. The summed E-state index contributed by atoms with van der Waals surface area (Å²) in [5.41, 5.74) is 6.46. The van der Waals surface area contributed by atoms with Crippen LogP contribution in [-0.2, 0) is 0 Å². The molecule has 2 aromatic heterocycles. The van der Waals surface area contributed by atoms with E-state index < -0.39 is 0 Å². The fourth-order valence-corrected chi connectivity index (χ4v) is 5.05. The zero-order valence-electron chi connectivity index (χ0n) is 21.9. The minimum absolute atomic E-state index is 0.532. The average Bonchev–Trinajstić information content (AvgIpc) is 3.34. The quantitative estimate of drug-likeness (QED) is 0.236. The number of rotatable bonds is 4. The van der Waals surface area contributed by atoms with Crippen LogP contribution in [0.4, 0.5) is 17.2 Å². The molecule has 0 aliphatic carbocycles. The van der Waals surface area contributed by atoms with Crippen LogP contribution in [0, 0.1) is 52.2 Å². The molecule has 0 fully saturated rings. The Bertz CT molecular complexity index is 2020. The van der Waals surface area contributed by atoms with Gasteiger partial charge in [0, 0.05) is 22.1 Å². The number of pyridine rings is 1. The first kappa shape index (κ1) is 24.9. The van der Waals surface area contributed by atoms with Crippen molar-refractivity contribution < 1.29 is 0 Å². The molecular formula is C34H19N7. The van der Waals surface area contributed by atoms with Crippen LogP contribution in [0.25, 0.3) is 27.6 Å². The second-order valence-electron chi connectivity index (χ2n) is 9.54. The highest BCUT2D eigenvalue weighted by molar-refractivity contribution is 6.10. The molecule has 2 heterocycles. The maximum absolute atomic E-state index is 9.55. The first-order valence-electron chi connectivity index (χ1n) is 12.7. The van der Waals surface area contributed by atoms with Crippen LogP contribution in [-0.4, -0.2) is 9.55 Å².